The van der Waals surface area contributed by atoms with Gasteiger partial charge in [-0.05, 0) is 57.7 Å². The van der Waals surface area contributed by atoms with Crippen molar-refractivity contribution in [2.24, 2.45) is 11.8 Å². The quantitative estimate of drug-likeness (QED) is 0.716. The molecule has 19 heavy (non-hydrogen) atoms. The fraction of sp³-hybridized carbons (Fsp3) is 0.929. The number of carboxylic acids is 1. The summed E-state index contributed by atoms with van der Waals surface area (Å²) in [6.45, 7) is 3.42. The first kappa shape index (κ1) is 14.8. The molecule has 5 heteroatoms. The summed E-state index contributed by atoms with van der Waals surface area (Å²) >= 11 is 0. The summed E-state index contributed by atoms with van der Waals surface area (Å²) < 4.78 is 5.20. The summed E-state index contributed by atoms with van der Waals surface area (Å²) in [6, 6.07) is 0. The molecule has 0 spiro atoms. The average molecular weight is 270 g/mol. The third-order valence-electron chi connectivity index (χ3n) is 4.68. The van der Waals surface area contributed by atoms with E-state index in [4.69, 9.17) is 4.74 Å². The van der Waals surface area contributed by atoms with Crippen molar-refractivity contribution >= 4 is 5.97 Å². The van der Waals surface area contributed by atoms with Crippen LogP contribution in [0.25, 0.3) is 0 Å². The number of carboxylic acid groups (broad SMARTS) is 1. The largest absolute Gasteiger partial charge is 0.480 e. The highest BCUT2D eigenvalue weighted by molar-refractivity contribution is 5.80. The van der Waals surface area contributed by atoms with Gasteiger partial charge >= 0.3 is 5.97 Å². The lowest BCUT2D eigenvalue weighted by atomic mass is 9.90. The first-order valence-corrected chi connectivity index (χ1v) is 7.26. The maximum atomic E-state index is 11.7. The number of hydrogen-bond acceptors (Lipinski definition) is 4. The van der Waals surface area contributed by atoms with Crippen LogP contribution in [0.4, 0.5) is 0 Å². The number of carbonyl (C=O) groups is 1. The van der Waals surface area contributed by atoms with E-state index in [1.54, 1.807) is 14.2 Å². The Bertz CT molecular complexity index is 312. The second kappa shape index (κ2) is 6.20. The van der Waals surface area contributed by atoms with Gasteiger partial charge < -0.3 is 20.1 Å². The van der Waals surface area contributed by atoms with Gasteiger partial charge in [0.1, 0.15) is 5.54 Å². The van der Waals surface area contributed by atoms with Crippen molar-refractivity contribution in [2.45, 2.75) is 31.2 Å². The summed E-state index contributed by atoms with van der Waals surface area (Å²) in [6.07, 6.45) is 4.29. The van der Waals surface area contributed by atoms with Crippen LogP contribution in [0, 0.1) is 11.8 Å². The lowest BCUT2D eigenvalue weighted by molar-refractivity contribution is -0.147. The predicted octanol–water partition coefficient (Wildman–Crippen LogP) is 0.798. The van der Waals surface area contributed by atoms with Crippen LogP contribution in [0.2, 0.25) is 0 Å². The molecule has 2 rings (SSSR count). The van der Waals surface area contributed by atoms with E-state index < -0.39 is 11.5 Å². The molecule has 110 valence electrons. The lowest BCUT2D eigenvalue weighted by Gasteiger charge is -2.38. The van der Waals surface area contributed by atoms with Crippen molar-refractivity contribution < 1.29 is 14.6 Å². The molecule has 1 aliphatic carbocycles. The van der Waals surface area contributed by atoms with Crippen molar-refractivity contribution in [3.8, 4) is 0 Å². The number of likely N-dealkylation sites (tertiary alicyclic amines) is 1. The van der Waals surface area contributed by atoms with Gasteiger partial charge in [0.25, 0.3) is 0 Å². The topological polar surface area (TPSA) is 61.8 Å². The summed E-state index contributed by atoms with van der Waals surface area (Å²) in [7, 11) is 3.53. The van der Waals surface area contributed by atoms with E-state index in [0.29, 0.717) is 18.4 Å². The van der Waals surface area contributed by atoms with E-state index >= 15 is 0 Å². The van der Waals surface area contributed by atoms with Crippen molar-refractivity contribution in [2.75, 3.05) is 40.4 Å². The molecule has 1 aliphatic heterocycles. The Morgan fingerprint density at radius 1 is 1.37 bits per heavy atom. The van der Waals surface area contributed by atoms with Crippen molar-refractivity contribution in [1.29, 1.82) is 0 Å². The van der Waals surface area contributed by atoms with Gasteiger partial charge in [0.2, 0.25) is 0 Å². The van der Waals surface area contributed by atoms with Crippen LogP contribution in [0.15, 0.2) is 0 Å². The lowest BCUT2D eigenvalue weighted by Crippen LogP contribution is -2.60. The van der Waals surface area contributed by atoms with Crippen molar-refractivity contribution in [3.05, 3.63) is 0 Å². The van der Waals surface area contributed by atoms with Crippen molar-refractivity contribution in [3.63, 3.8) is 0 Å². The van der Waals surface area contributed by atoms with Gasteiger partial charge in [0.05, 0.1) is 0 Å². The maximum absolute atomic E-state index is 11.7. The summed E-state index contributed by atoms with van der Waals surface area (Å²) in [4.78, 5) is 14.0. The molecule has 0 aromatic rings. The van der Waals surface area contributed by atoms with Gasteiger partial charge in [-0.3, -0.25) is 4.79 Å². The minimum atomic E-state index is -0.742. The second-order valence-corrected chi connectivity index (χ2v) is 5.98. The number of methoxy groups -OCH3 is 1. The third kappa shape index (κ3) is 3.27. The summed E-state index contributed by atoms with van der Waals surface area (Å²) in [5.41, 5.74) is -0.742. The number of hydrogen-bond donors (Lipinski definition) is 2. The fourth-order valence-electron chi connectivity index (χ4n) is 3.24. The van der Waals surface area contributed by atoms with Gasteiger partial charge in [0, 0.05) is 20.3 Å². The van der Waals surface area contributed by atoms with E-state index in [0.717, 1.165) is 45.4 Å². The van der Waals surface area contributed by atoms with E-state index in [1.807, 2.05) is 0 Å². The minimum Gasteiger partial charge on any atom is -0.480 e. The Kier molecular flexibility index (Phi) is 4.81. The number of nitrogens with one attached hydrogen (secondary N) is 1. The molecule has 0 bridgehead atoms. The molecule has 2 fully saturated rings. The van der Waals surface area contributed by atoms with Crippen LogP contribution in [0.1, 0.15) is 25.7 Å². The zero-order valence-corrected chi connectivity index (χ0v) is 12.0. The molecule has 1 heterocycles. The Hall–Kier alpha value is -0.650. The van der Waals surface area contributed by atoms with Crippen LogP contribution in [-0.4, -0.2) is 61.9 Å². The predicted molar refractivity (Wildman–Crippen MR) is 73.2 cm³/mol. The number of piperidine rings is 1. The van der Waals surface area contributed by atoms with E-state index in [-0.39, 0.29) is 0 Å². The molecular formula is C14H26N2O3. The second-order valence-electron chi connectivity index (χ2n) is 5.98. The highest BCUT2D eigenvalue weighted by Gasteiger charge is 2.51. The standard InChI is InChI=1S/C14H26N2O3/c1-15-14(13(17)18,12-3-4-12)10-16-7-5-11(6-8-16)9-19-2/h11-12,15H,3-10H2,1-2H3,(H,17,18). The summed E-state index contributed by atoms with van der Waals surface area (Å²) in [5, 5.41) is 12.7. The van der Waals surface area contributed by atoms with Crippen LogP contribution in [0.3, 0.4) is 0 Å². The SMILES string of the molecule is CNC(CN1CCC(COC)CC1)(C(=O)O)C1CC1. The molecule has 1 saturated carbocycles. The maximum Gasteiger partial charge on any atom is 0.325 e. The van der Waals surface area contributed by atoms with Gasteiger partial charge in [-0.25, -0.2) is 0 Å². The van der Waals surface area contributed by atoms with E-state index in [1.165, 1.54) is 0 Å². The molecule has 1 atom stereocenters. The average Bonchev–Trinajstić information content (AvgIpc) is 3.22. The van der Waals surface area contributed by atoms with Gasteiger partial charge in [-0.1, -0.05) is 0 Å². The first-order valence-electron chi connectivity index (χ1n) is 7.26. The Balaban J connectivity index is 1.90. The van der Waals surface area contributed by atoms with E-state index in [9.17, 15) is 9.90 Å². The van der Waals surface area contributed by atoms with Crippen LogP contribution in [-0.2, 0) is 9.53 Å². The Labute approximate surface area is 115 Å². The molecule has 0 aromatic heterocycles. The van der Waals surface area contributed by atoms with Crippen LogP contribution < -0.4 is 5.32 Å². The molecule has 1 unspecified atom stereocenters. The zero-order valence-electron chi connectivity index (χ0n) is 12.0. The highest BCUT2D eigenvalue weighted by atomic mass is 16.5. The number of likely N-dealkylation sites (N-methyl/N-ethyl adjacent to an activating group) is 1. The molecule has 1 saturated heterocycles. The number of rotatable bonds is 7. The number of aliphatic carboxylic acids is 1. The summed E-state index contributed by atoms with van der Waals surface area (Å²) in [5.74, 6) is 0.235. The van der Waals surface area contributed by atoms with Crippen LogP contribution >= 0.6 is 0 Å². The van der Waals surface area contributed by atoms with Gasteiger partial charge in [0.15, 0.2) is 0 Å². The molecule has 0 aromatic carbocycles. The highest BCUT2D eigenvalue weighted by Crippen LogP contribution is 2.40. The zero-order chi connectivity index (χ0) is 13.9. The van der Waals surface area contributed by atoms with Gasteiger partial charge in [-0.15, -0.1) is 0 Å². The van der Waals surface area contributed by atoms with Gasteiger partial charge in [-0.2, -0.15) is 0 Å². The minimum absolute atomic E-state index is 0.298. The number of nitrogens with zero attached hydrogens (tertiary/aromatic N) is 1. The van der Waals surface area contributed by atoms with E-state index in [2.05, 4.69) is 10.2 Å². The molecule has 5 nitrogen and oxygen atoms in total. The molecule has 0 amide bonds. The third-order valence-corrected chi connectivity index (χ3v) is 4.68. The van der Waals surface area contributed by atoms with Crippen molar-refractivity contribution in [1.82, 2.24) is 10.2 Å². The van der Waals surface area contributed by atoms with Crippen LogP contribution in [0.5, 0.6) is 0 Å². The Morgan fingerprint density at radius 2 is 2.00 bits per heavy atom. The monoisotopic (exact) mass is 270 g/mol. The first-order chi connectivity index (χ1) is 9.12. The normalized spacial score (nSPS) is 25.2. The smallest absolute Gasteiger partial charge is 0.325 e. The molecule has 2 N–H and O–H groups in total. The number of ether oxygens (including phenoxy) is 1. The fourth-order valence-corrected chi connectivity index (χ4v) is 3.24. The Morgan fingerprint density at radius 3 is 2.42 bits per heavy atom. The molecule has 2 aliphatic rings. The molecule has 0 radical (unpaired) electrons. The molecular weight excluding hydrogens is 244 g/mol.